The number of likely N-dealkylation sites (tertiary alicyclic amines) is 1. The van der Waals surface area contributed by atoms with Crippen molar-refractivity contribution in [3.05, 3.63) is 35.9 Å². The molecule has 1 amide bonds. The molecule has 1 heterocycles. The van der Waals surface area contributed by atoms with Crippen LogP contribution in [0.25, 0.3) is 0 Å². The molecule has 3 nitrogen and oxygen atoms in total. The third-order valence-electron chi connectivity index (χ3n) is 4.87. The molecule has 1 aliphatic heterocycles. The van der Waals surface area contributed by atoms with Crippen molar-refractivity contribution in [2.75, 3.05) is 13.1 Å². The van der Waals surface area contributed by atoms with Gasteiger partial charge in [-0.1, -0.05) is 43.2 Å². The molecular weight excluding hydrogens is 262 g/mol. The van der Waals surface area contributed by atoms with Gasteiger partial charge in [0.1, 0.15) is 0 Å². The molecule has 1 unspecified atom stereocenters. The van der Waals surface area contributed by atoms with Crippen molar-refractivity contribution in [3.8, 4) is 0 Å². The number of piperidine rings is 1. The second-order valence-corrected chi connectivity index (χ2v) is 6.34. The quantitative estimate of drug-likeness (QED) is 0.799. The van der Waals surface area contributed by atoms with Gasteiger partial charge in [0.05, 0.1) is 0 Å². The van der Waals surface area contributed by atoms with Gasteiger partial charge in [-0.25, -0.2) is 0 Å². The number of rotatable bonds is 3. The maximum Gasteiger partial charge on any atom is 0.225 e. The van der Waals surface area contributed by atoms with Gasteiger partial charge in [0, 0.05) is 30.5 Å². The maximum absolute atomic E-state index is 12.6. The lowest BCUT2D eigenvalue weighted by molar-refractivity contribution is -0.136. The van der Waals surface area contributed by atoms with Crippen molar-refractivity contribution in [3.63, 3.8) is 0 Å². The summed E-state index contributed by atoms with van der Waals surface area (Å²) in [7, 11) is 0. The van der Waals surface area contributed by atoms with E-state index in [0.717, 1.165) is 37.8 Å². The highest BCUT2D eigenvalue weighted by atomic mass is 16.2. The largest absolute Gasteiger partial charge is 0.342 e. The Kier molecular flexibility index (Phi) is 4.37. The van der Waals surface area contributed by atoms with Crippen molar-refractivity contribution < 1.29 is 9.59 Å². The zero-order valence-electron chi connectivity index (χ0n) is 12.5. The van der Waals surface area contributed by atoms with E-state index in [0.29, 0.717) is 6.54 Å². The van der Waals surface area contributed by atoms with Crippen molar-refractivity contribution in [2.24, 2.45) is 11.8 Å². The molecule has 0 radical (unpaired) electrons. The Morgan fingerprint density at radius 2 is 1.57 bits per heavy atom. The fourth-order valence-corrected chi connectivity index (χ4v) is 3.66. The van der Waals surface area contributed by atoms with Gasteiger partial charge in [0.25, 0.3) is 0 Å². The Balaban J connectivity index is 1.65. The highest BCUT2D eigenvalue weighted by Crippen LogP contribution is 2.29. The SMILES string of the molecule is O=C(c1ccccc1)C1CCCN(C(=O)C2CCCC2)C1. The fourth-order valence-electron chi connectivity index (χ4n) is 3.66. The average Bonchev–Trinajstić information content (AvgIpc) is 3.09. The van der Waals surface area contributed by atoms with E-state index in [1.165, 1.54) is 12.8 Å². The van der Waals surface area contributed by atoms with Crippen LogP contribution < -0.4 is 0 Å². The molecule has 112 valence electrons. The molecule has 2 fully saturated rings. The number of carbonyl (C=O) groups is 2. The fraction of sp³-hybridized carbons (Fsp3) is 0.556. The lowest BCUT2D eigenvalue weighted by atomic mass is 9.89. The van der Waals surface area contributed by atoms with Crippen LogP contribution in [0.3, 0.4) is 0 Å². The van der Waals surface area contributed by atoms with Gasteiger partial charge in [-0.2, -0.15) is 0 Å². The molecule has 1 aromatic rings. The summed E-state index contributed by atoms with van der Waals surface area (Å²) >= 11 is 0. The number of amides is 1. The van der Waals surface area contributed by atoms with Crippen LogP contribution in [0.5, 0.6) is 0 Å². The van der Waals surface area contributed by atoms with Gasteiger partial charge in [0.2, 0.25) is 5.91 Å². The third-order valence-corrected chi connectivity index (χ3v) is 4.87. The first kappa shape index (κ1) is 14.3. The normalized spacial score (nSPS) is 23.2. The number of Topliss-reactive ketones (excluding diaryl/α,β-unsaturated/α-hetero) is 1. The van der Waals surface area contributed by atoms with Gasteiger partial charge >= 0.3 is 0 Å². The van der Waals surface area contributed by atoms with E-state index in [4.69, 9.17) is 0 Å². The van der Waals surface area contributed by atoms with Gasteiger partial charge in [-0.05, 0) is 25.7 Å². The highest BCUT2D eigenvalue weighted by molar-refractivity contribution is 5.98. The number of carbonyl (C=O) groups excluding carboxylic acids is 2. The van der Waals surface area contributed by atoms with Gasteiger partial charge in [-0.15, -0.1) is 0 Å². The van der Waals surface area contributed by atoms with E-state index in [9.17, 15) is 9.59 Å². The van der Waals surface area contributed by atoms with E-state index in [1.54, 1.807) is 0 Å². The third kappa shape index (κ3) is 3.17. The van der Waals surface area contributed by atoms with Crippen LogP contribution in [0.4, 0.5) is 0 Å². The van der Waals surface area contributed by atoms with Gasteiger partial charge in [-0.3, -0.25) is 9.59 Å². The summed E-state index contributed by atoms with van der Waals surface area (Å²) in [6, 6.07) is 9.47. The molecule has 1 atom stereocenters. The zero-order valence-corrected chi connectivity index (χ0v) is 12.5. The molecule has 1 saturated carbocycles. The Labute approximate surface area is 126 Å². The van der Waals surface area contributed by atoms with Crippen LogP contribution in [0.1, 0.15) is 48.9 Å². The number of benzene rings is 1. The standard InChI is InChI=1S/C18H23NO2/c20-17(14-7-2-1-3-8-14)16-11-6-12-19(13-16)18(21)15-9-4-5-10-15/h1-3,7-8,15-16H,4-6,9-13H2. The first-order valence-corrected chi connectivity index (χ1v) is 8.14. The van der Waals surface area contributed by atoms with Crippen LogP contribution in [0, 0.1) is 11.8 Å². The molecule has 0 bridgehead atoms. The molecule has 0 aromatic heterocycles. The number of hydrogen-bond acceptors (Lipinski definition) is 2. The summed E-state index contributed by atoms with van der Waals surface area (Å²) in [5.41, 5.74) is 0.776. The molecular formula is C18H23NO2. The summed E-state index contributed by atoms with van der Waals surface area (Å²) < 4.78 is 0. The van der Waals surface area contributed by atoms with Crippen LogP contribution in [0.2, 0.25) is 0 Å². The summed E-state index contributed by atoms with van der Waals surface area (Å²) in [6.45, 7) is 1.44. The zero-order chi connectivity index (χ0) is 14.7. The minimum absolute atomic E-state index is 0.0218. The number of nitrogens with zero attached hydrogens (tertiary/aromatic N) is 1. The molecule has 0 spiro atoms. The van der Waals surface area contributed by atoms with Crippen LogP contribution in [0.15, 0.2) is 30.3 Å². The van der Waals surface area contributed by atoms with Gasteiger partial charge < -0.3 is 4.90 Å². The van der Waals surface area contributed by atoms with E-state index in [1.807, 2.05) is 35.2 Å². The van der Waals surface area contributed by atoms with Crippen LogP contribution in [-0.2, 0) is 4.79 Å². The first-order chi connectivity index (χ1) is 10.3. The molecule has 3 heteroatoms. The molecule has 0 N–H and O–H groups in total. The Hall–Kier alpha value is -1.64. The second-order valence-electron chi connectivity index (χ2n) is 6.34. The predicted molar refractivity (Wildman–Crippen MR) is 82.0 cm³/mol. The summed E-state index contributed by atoms with van der Waals surface area (Å²) in [5, 5.41) is 0. The summed E-state index contributed by atoms with van der Waals surface area (Å²) in [4.78, 5) is 27.0. The summed E-state index contributed by atoms with van der Waals surface area (Å²) in [6.07, 6.45) is 6.27. The van der Waals surface area contributed by atoms with Crippen molar-refractivity contribution in [2.45, 2.75) is 38.5 Å². The van der Waals surface area contributed by atoms with E-state index in [-0.39, 0.29) is 23.5 Å². The van der Waals surface area contributed by atoms with Crippen molar-refractivity contribution in [1.82, 2.24) is 4.90 Å². The van der Waals surface area contributed by atoms with E-state index < -0.39 is 0 Å². The molecule has 3 rings (SSSR count). The Morgan fingerprint density at radius 1 is 0.905 bits per heavy atom. The minimum Gasteiger partial charge on any atom is -0.342 e. The molecule has 2 aliphatic rings. The lowest BCUT2D eigenvalue weighted by Gasteiger charge is -2.33. The lowest BCUT2D eigenvalue weighted by Crippen LogP contribution is -2.44. The Bertz CT molecular complexity index is 505. The van der Waals surface area contributed by atoms with Crippen molar-refractivity contribution in [1.29, 1.82) is 0 Å². The molecule has 1 saturated heterocycles. The molecule has 1 aliphatic carbocycles. The average molecular weight is 285 g/mol. The van der Waals surface area contributed by atoms with E-state index >= 15 is 0 Å². The molecule has 21 heavy (non-hydrogen) atoms. The van der Waals surface area contributed by atoms with Crippen molar-refractivity contribution >= 4 is 11.7 Å². The predicted octanol–water partition coefficient (Wildman–Crippen LogP) is 3.30. The smallest absolute Gasteiger partial charge is 0.225 e. The number of ketones is 1. The number of hydrogen-bond donors (Lipinski definition) is 0. The Morgan fingerprint density at radius 3 is 2.29 bits per heavy atom. The van der Waals surface area contributed by atoms with E-state index in [2.05, 4.69) is 0 Å². The van der Waals surface area contributed by atoms with Crippen LogP contribution >= 0.6 is 0 Å². The monoisotopic (exact) mass is 285 g/mol. The van der Waals surface area contributed by atoms with Gasteiger partial charge in [0.15, 0.2) is 5.78 Å². The highest BCUT2D eigenvalue weighted by Gasteiger charge is 2.33. The minimum atomic E-state index is -0.0218. The second kappa shape index (κ2) is 6.42. The maximum atomic E-state index is 12.6. The first-order valence-electron chi connectivity index (χ1n) is 8.14. The topological polar surface area (TPSA) is 37.4 Å². The van der Waals surface area contributed by atoms with Crippen LogP contribution in [-0.4, -0.2) is 29.7 Å². The summed E-state index contributed by atoms with van der Waals surface area (Å²) in [5.74, 6) is 0.680. The molecule has 1 aromatic carbocycles.